The minimum absolute atomic E-state index is 0.0138. The zero-order valence-corrected chi connectivity index (χ0v) is 13.1. The lowest BCUT2D eigenvalue weighted by Gasteiger charge is -2.25. The molecular weight excluding hydrogens is 292 g/mol. The van der Waals surface area contributed by atoms with Gasteiger partial charge in [0.05, 0.1) is 13.2 Å². The van der Waals surface area contributed by atoms with Gasteiger partial charge in [-0.2, -0.15) is 0 Å². The molecule has 4 rings (SSSR count). The lowest BCUT2D eigenvalue weighted by molar-refractivity contribution is 0.198. The van der Waals surface area contributed by atoms with Crippen molar-refractivity contribution < 1.29 is 19.7 Å². The molecule has 0 aliphatic heterocycles. The summed E-state index contributed by atoms with van der Waals surface area (Å²) in [5.41, 5.74) is 2.56. The van der Waals surface area contributed by atoms with Crippen LogP contribution >= 0.6 is 0 Å². The van der Waals surface area contributed by atoms with Crippen LogP contribution in [0.15, 0.2) is 24.3 Å². The van der Waals surface area contributed by atoms with Crippen LogP contribution in [-0.4, -0.2) is 36.6 Å². The number of rotatable bonds is 6. The zero-order chi connectivity index (χ0) is 15.8. The highest BCUT2D eigenvalue weighted by Gasteiger charge is 2.42. The summed E-state index contributed by atoms with van der Waals surface area (Å²) in [5.74, 6) is 2.91. The minimum Gasteiger partial charge on any atom is -0.490 e. The van der Waals surface area contributed by atoms with Crippen LogP contribution in [0.1, 0.15) is 42.2 Å². The summed E-state index contributed by atoms with van der Waals surface area (Å²) < 4.78 is 11.9. The van der Waals surface area contributed by atoms with Gasteiger partial charge in [-0.15, -0.1) is 0 Å². The molecule has 0 heterocycles. The largest absolute Gasteiger partial charge is 0.490 e. The maximum atomic E-state index is 9.17. The lowest BCUT2D eigenvalue weighted by Crippen LogP contribution is -2.11. The molecule has 2 aliphatic carbocycles. The van der Waals surface area contributed by atoms with Crippen LogP contribution in [0.2, 0.25) is 0 Å². The van der Waals surface area contributed by atoms with Crippen molar-refractivity contribution >= 4 is 10.8 Å². The molecule has 2 unspecified atom stereocenters. The van der Waals surface area contributed by atoms with E-state index in [1.807, 2.05) is 12.1 Å². The Labute approximate surface area is 135 Å². The molecule has 2 aromatic rings. The van der Waals surface area contributed by atoms with Crippen LogP contribution in [0, 0.1) is 0 Å². The Balaban J connectivity index is 1.96. The van der Waals surface area contributed by atoms with Gasteiger partial charge in [0.1, 0.15) is 24.7 Å². The average molecular weight is 314 g/mol. The molecule has 122 valence electrons. The molecule has 1 saturated carbocycles. The molecular formula is C19H22O4. The summed E-state index contributed by atoms with van der Waals surface area (Å²) >= 11 is 0. The van der Waals surface area contributed by atoms with E-state index in [0.29, 0.717) is 25.0 Å². The van der Waals surface area contributed by atoms with Gasteiger partial charge in [0.15, 0.2) is 0 Å². The summed E-state index contributed by atoms with van der Waals surface area (Å²) in [6.07, 6.45) is 3.56. The molecule has 1 fully saturated rings. The van der Waals surface area contributed by atoms with Crippen molar-refractivity contribution in [1.82, 2.24) is 0 Å². The fraction of sp³-hybridized carbons (Fsp3) is 0.474. The monoisotopic (exact) mass is 314 g/mol. The summed E-state index contributed by atoms with van der Waals surface area (Å²) in [6, 6.07) is 8.12. The van der Waals surface area contributed by atoms with Gasteiger partial charge in [0.2, 0.25) is 0 Å². The van der Waals surface area contributed by atoms with E-state index < -0.39 is 0 Å². The molecule has 0 spiro atoms. The van der Waals surface area contributed by atoms with E-state index in [9.17, 15) is 10.2 Å². The number of aliphatic hydroxyl groups is 2. The summed E-state index contributed by atoms with van der Waals surface area (Å²) in [6.45, 7) is 0.648. The van der Waals surface area contributed by atoms with Crippen LogP contribution < -0.4 is 9.47 Å². The Bertz CT molecular complexity index is 664. The van der Waals surface area contributed by atoms with Gasteiger partial charge >= 0.3 is 0 Å². The predicted octanol–water partition coefficient (Wildman–Crippen LogP) is 2.95. The third-order valence-corrected chi connectivity index (χ3v) is 5.12. The molecule has 2 aliphatic rings. The van der Waals surface area contributed by atoms with E-state index in [1.165, 1.54) is 24.0 Å². The maximum Gasteiger partial charge on any atom is 0.131 e. The van der Waals surface area contributed by atoms with E-state index in [-0.39, 0.29) is 13.2 Å². The van der Waals surface area contributed by atoms with Gasteiger partial charge in [-0.05, 0) is 31.1 Å². The first-order valence-electron chi connectivity index (χ1n) is 8.41. The van der Waals surface area contributed by atoms with Crippen LogP contribution in [0.3, 0.4) is 0 Å². The first kappa shape index (κ1) is 14.8. The van der Waals surface area contributed by atoms with Crippen molar-refractivity contribution in [2.75, 3.05) is 26.4 Å². The molecule has 2 bridgehead atoms. The highest BCUT2D eigenvalue weighted by atomic mass is 16.5. The molecule has 0 radical (unpaired) electrons. The van der Waals surface area contributed by atoms with Gasteiger partial charge in [0.25, 0.3) is 0 Å². The maximum absolute atomic E-state index is 9.17. The number of hydrogen-bond donors (Lipinski definition) is 2. The standard InChI is InChI=1S/C19H22O4/c20-7-9-22-18-14-3-1-2-4-15(14)19(23-10-8-21)17-13-6-5-12(11-13)16(17)18/h1-4,12-13,20-21H,5-11H2. The van der Waals surface area contributed by atoms with Gasteiger partial charge < -0.3 is 19.7 Å². The average Bonchev–Trinajstić information content (AvgIpc) is 3.20. The van der Waals surface area contributed by atoms with E-state index >= 15 is 0 Å². The minimum atomic E-state index is 0.0138. The number of fused-ring (bicyclic) bond motifs is 6. The molecule has 0 saturated heterocycles. The van der Waals surface area contributed by atoms with E-state index in [1.54, 1.807) is 0 Å². The van der Waals surface area contributed by atoms with Crippen LogP contribution in [-0.2, 0) is 0 Å². The zero-order valence-electron chi connectivity index (χ0n) is 13.1. The normalized spacial score (nSPS) is 21.7. The van der Waals surface area contributed by atoms with E-state index in [4.69, 9.17) is 9.47 Å². The van der Waals surface area contributed by atoms with Gasteiger partial charge in [-0.3, -0.25) is 0 Å². The second-order valence-electron chi connectivity index (χ2n) is 6.38. The molecule has 4 heteroatoms. The fourth-order valence-corrected chi connectivity index (χ4v) is 4.34. The van der Waals surface area contributed by atoms with Crippen molar-refractivity contribution in [3.05, 3.63) is 35.4 Å². The Kier molecular flexibility index (Phi) is 3.87. The molecule has 0 aromatic heterocycles. The smallest absolute Gasteiger partial charge is 0.131 e. The first-order valence-corrected chi connectivity index (χ1v) is 8.41. The highest BCUT2D eigenvalue weighted by molar-refractivity contribution is 5.97. The SMILES string of the molecule is OCCOc1c2c(c(OCCO)c3ccccc13)C1CCC2C1. The van der Waals surface area contributed by atoms with E-state index in [0.717, 1.165) is 28.7 Å². The quantitative estimate of drug-likeness (QED) is 0.860. The van der Waals surface area contributed by atoms with E-state index in [2.05, 4.69) is 12.1 Å². The Hall–Kier alpha value is -1.78. The Morgan fingerprint density at radius 2 is 1.30 bits per heavy atom. The van der Waals surface area contributed by atoms with Crippen LogP contribution in [0.4, 0.5) is 0 Å². The predicted molar refractivity (Wildman–Crippen MR) is 88.4 cm³/mol. The molecule has 4 nitrogen and oxygen atoms in total. The molecule has 2 aromatic carbocycles. The van der Waals surface area contributed by atoms with Crippen molar-refractivity contribution in [3.8, 4) is 11.5 Å². The van der Waals surface area contributed by atoms with Gasteiger partial charge in [0, 0.05) is 21.9 Å². The summed E-state index contributed by atoms with van der Waals surface area (Å²) in [7, 11) is 0. The number of hydrogen-bond acceptors (Lipinski definition) is 4. The molecule has 2 N–H and O–H groups in total. The van der Waals surface area contributed by atoms with Crippen molar-refractivity contribution in [1.29, 1.82) is 0 Å². The lowest BCUT2D eigenvalue weighted by atomic mass is 9.87. The second-order valence-corrected chi connectivity index (χ2v) is 6.38. The second kappa shape index (κ2) is 6.02. The molecule has 0 amide bonds. The first-order chi connectivity index (χ1) is 11.3. The number of ether oxygens (including phenoxy) is 2. The van der Waals surface area contributed by atoms with Crippen molar-refractivity contribution in [2.24, 2.45) is 0 Å². The van der Waals surface area contributed by atoms with Crippen molar-refractivity contribution in [2.45, 2.75) is 31.1 Å². The highest BCUT2D eigenvalue weighted by Crippen LogP contribution is 2.61. The number of benzene rings is 2. The van der Waals surface area contributed by atoms with Crippen LogP contribution in [0.5, 0.6) is 11.5 Å². The summed E-state index contributed by atoms with van der Waals surface area (Å²) in [4.78, 5) is 0. The van der Waals surface area contributed by atoms with Gasteiger partial charge in [-0.25, -0.2) is 0 Å². The third kappa shape index (κ3) is 2.28. The molecule has 2 atom stereocenters. The molecule has 23 heavy (non-hydrogen) atoms. The van der Waals surface area contributed by atoms with Crippen molar-refractivity contribution in [3.63, 3.8) is 0 Å². The third-order valence-electron chi connectivity index (χ3n) is 5.12. The fourth-order valence-electron chi connectivity index (χ4n) is 4.34. The number of aliphatic hydroxyl groups excluding tert-OH is 2. The topological polar surface area (TPSA) is 58.9 Å². The summed E-state index contributed by atoms with van der Waals surface area (Å²) in [5, 5.41) is 20.4. The Morgan fingerprint density at radius 1 is 0.826 bits per heavy atom. The Morgan fingerprint density at radius 3 is 1.74 bits per heavy atom. The van der Waals surface area contributed by atoms with Gasteiger partial charge in [-0.1, -0.05) is 24.3 Å². The van der Waals surface area contributed by atoms with Crippen LogP contribution in [0.25, 0.3) is 10.8 Å².